The molecule has 0 radical (unpaired) electrons. The van der Waals surface area contributed by atoms with Crippen LogP contribution in [0.3, 0.4) is 0 Å². The number of benzene rings is 2. The Morgan fingerprint density at radius 1 is 1.19 bits per heavy atom. The molecule has 0 atom stereocenters. The number of ether oxygens (including phenoxy) is 1. The Morgan fingerprint density at radius 2 is 2.04 bits per heavy atom. The number of rotatable bonds is 4. The van der Waals surface area contributed by atoms with E-state index in [4.69, 9.17) is 9.15 Å². The van der Waals surface area contributed by atoms with Crippen LogP contribution in [0.4, 0.5) is 0 Å². The first-order valence-corrected chi connectivity index (χ1v) is 9.35. The zero-order valence-electron chi connectivity index (χ0n) is 14.6. The van der Waals surface area contributed by atoms with Crippen molar-refractivity contribution in [3.8, 4) is 5.75 Å². The van der Waals surface area contributed by atoms with E-state index in [1.54, 1.807) is 6.07 Å². The molecule has 0 unspecified atom stereocenters. The van der Waals surface area contributed by atoms with Gasteiger partial charge >= 0.3 is 5.91 Å². The number of hydrogen-bond acceptors (Lipinski definition) is 4. The normalized spacial score (nSPS) is 12.2. The molecule has 6 heteroatoms. The highest BCUT2D eigenvalue weighted by Gasteiger charge is 2.13. The van der Waals surface area contributed by atoms with Gasteiger partial charge in [-0.3, -0.25) is 4.79 Å². The molecule has 4 rings (SSSR count). The van der Waals surface area contributed by atoms with Crippen LogP contribution in [0.1, 0.15) is 24.4 Å². The van der Waals surface area contributed by atoms with Gasteiger partial charge in [-0.2, -0.15) is 4.99 Å². The van der Waals surface area contributed by atoms with Gasteiger partial charge in [-0.1, -0.05) is 29.5 Å². The maximum absolute atomic E-state index is 12.6. The van der Waals surface area contributed by atoms with Crippen LogP contribution in [0, 0.1) is 0 Å². The lowest BCUT2D eigenvalue weighted by Gasteiger charge is -2.03. The zero-order valence-corrected chi connectivity index (χ0v) is 15.4. The van der Waals surface area contributed by atoms with E-state index < -0.39 is 0 Å². The number of nitrogens with zero attached hydrogens (tertiary/aromatic N) is 2. The lowest BCUT2D eigenvalue weighted by Crippen LogP contribution is -2.15. The Morgan fingerprint density at radius 3 is 2.81 bits per heavy atom. The minimum atomic E-state index is -0.375. The van der Waals surface area contributed by atoms with E-state index in [0.29, 0.717) is 17.0 Å². The quantitative estimate of drug-likeness (QED) is 0.530. The number of amides is 1. The second kappa shape index (κ2) is 6.80. The summed E-state index contributed by atoms with van der Waals surface area (Å²) in [5.41, 5.74) is 1.73. The predicted molar refractivity (Wildman–Crippen MR) is 103 cm³/mol. The summed E-state index contributed by atoms with van der Waals surface area (Å²) in [6.45, 7) is 5.33. The number of para-hydroxylation sites is 1. The van der Waals surface area contributed by atoms with Crippen molar-refractivity contribution in [3.63, 3.8) is 0 Å². The van der Waals surface area contributed by atoms with Crippen LogP contribution in [0.15, 0.2) is 57.9 Å². The highest BCUT2D eigenvalue weighted by molar-refractivity contribution is 7.16. The first-order valence-electron chi connectivity index (χ1n) is 8.53. The molecule has 0 aliphatic heterocycles. The van der Waals surface area contributed by atoms with Crippen LogP contribution in [-0.4, -0.2) is 17.1 Å². The number of furan rings is 1. The standard InChI is InChI=1S/C20H18N2O3S/c1-3-22-15-10-9-14(24-4-2)12-18(15)26-20(22)21-19(23)17-11-13-7-5-6-8-16(13)25-17/h5-12H,3-4H2,1-2H3. The Hall–Kier alpha value is -2.86. The fraction of sp³-hybridized carbons (Fsp3) is 0.200. The largest absolute Gasteiger partial charge is 0.494 e. The highest BCUT2D eigenvalue weighted by atomic mass is 32.1. The minimum absolute atomic E-state index is 0.251. The van der Waals surface area contributed by atoms with E-state index >= 15 is 0 Å². The maximum atomic E-state index is 12.6. The Labute approximate surface area is 154 Å². The van der Waals surface area contributed by atoms with Crippen molar-refractivity contribution in [2.24, 2.45) is 4.99 Å². The second-order valence-electron chi connectivity index (χ2n) is 5.76. The lowest BCUT2D eigenvalue weighted by atomic mass is 10.2. The highest BCUT2D eigenvalue weighted by Crippen LogP contribution is 2.24. The van der Waals surface area contributed by atoms with E-state index in [2.05, 4.69) is 4.99 Å². The number of carbonyl (C=O) groups is 1. The average Bonchev–Trinajstić information content (AvgIpc) is 3.22. The molecule has 0 saturated carbocycles. The third kappa shape index (κ3) is 2.93. The SMILES string of the molecule is CCOc1ccc2c(c1)sc(=NC(=O)c1cc3ccccc3o1)n2CC. The molecule has 0 spiro atoms. The van der Waals surface area contributed by atoms with Gasteiger partial charge in [0.1, 0.15) is 11.3 Å². The van der Waals surface area contributed by atoms with Crippen molar-refractivity contribution in [2.75, 3.05) is 6.61 Å². The Bertz CT molecular complexity index is 1130. The van der Waals surface area contributed by atoms with Crippen molar-refractivity contribution in [1.82, 2.24) is 4.57 Å². The molecule has 26 heavy (non-hydrogen) atoms. The molecule has 0 fully saturated rings. The molecule has 0 aliphatic carbocycles. The summed E-state index contributed by atoms with van der Waals surface area (Å²) in [6, 6.07) is 15.2. The van der Waals surface area contributed by atoms with Crippen LogP contribution in [0.5, 0.6) is 5.75 Å². The molecular weight excluding hydrogens is 348 g/mol. The molecular formula is C20H18N2O3S. The van der Waals surface area contributed by atoms with Gasteiger partial charge in [0.05, 0.1) is 16.8 Å². The van der Waals surface area contributed by atoms with E-state index in [0.717, 1.165) is 27.9 Å². The predicted octanol–water partition coefficient (Wildman–Crippen LogP) is 4.61. The molecule has 2 aromatic carbocycles. The van der Waals surface area contributed by atoms with Crippen LogP contribution in [0.2, 0.25) is 0 Å². The molecule has 0 N–H and O–H groups in total. The fourth-order valence-electron chi connectivity index (χ4n) is 2.93. The summed E-state index contributed by atoms with van der Waals surface area (Å²) >= 11 is 1.47. The van der Waals surface area contributed by atoms with Crippen LogP contribution in [0.25, 0.3) is 21.2 Å². The Balaban J connectivity index is 1.79. The van der Waals surface area contributed by atoms with Crippen molar-refractivity contribution >= 4 is 38.4 Å². The molecule has 1 amide bonds. The third-order valence-electron chi connectivity index (χ3n) is 4.11. The number of hydrogen-bond donors (Lipinski definition) is 0. The summed E-state index contributed by atoms with van der Waals surface area (Å²) in [5.74, 6) is 0.695. The van der Waals surface area contributed by atoms with Crippen molar-refractivity contribution in [3.05, 3.63) is 59.1 Å². The molecule has 0 aliphatic rings. The smallest absolute Gasteiger partial charge is 0.315 e. The van der Waals surface area contributed by atoms with Gasteiger partial charge in [-0.05, 0) is 44.2 Å². The Kier molecular flexibility index (Phi) is 4.34. The molecule has 4 aromatic rings. The topological polar surface area (TPSA) is 56.7 Å². The lowest BCUT2D eigenvalue weighted by molar-refractivity contribution is 0.0973. The van der Waals surface area contributed by atoms with Gasteiger partial charge in [0.2, 0.25) is 0 Å². The summed E-state index contributed by atoms with van der Waals surface area (Å²) in [7, 11) is 0. The molecule has 0 bridgehead atoms. The van der Waals surface area contributed by atoms with E-state index in [1.807, 2.05) is 60.9 Å². The van der Waals surface area contributed by atoms with E-state index in [1.165, 1.54) is 11.3 Å². The number of thiazole rings is 1. The number of carbonyl (C=O) groups excluding carboxylic acids is 1. The zero-order chi connectivity index (χ0) is 18.1. The summed E-state index contributed by atoms with van der Waals surface area (Å²) < 4.78 is 14.3. The van der Waals surface area contributed by atoms with Gasteiger partial charge in [0.15, 0.2) is 10.6 Å². The van der Waals surface area contributed by atoms with Crippen LogP contribution in [-0.2, 0) is 6.54 Å². The average molecular weight is 366 g/mol. The molecule has 0 saturated heterocycles. The van der Waals surface area contributed by atoms with Gasteiger partial charge in [0.25, 0.3) is 0 Å². The minimum Gasteiger partial charge on any atom is -0.494 e. The maximum Gasteiger partial charge on any atom is 0.315 e. The number of aromatic nitrogens is 1. The van der Waals surface area contributed by atoms with E-state index in [9.17, 15) is 4.79 Å². The van der Waals surface area contributed by atoms with Crippen LogP contribution < -0.4 is 9.54 Å². The molecule has 132 valence electrons. The fourth-order valence-corrected chi connectivity index (χ4v) is 4.05. The van der Waals surface area contributed by atoms with Crippen LogP contribution >= 0.6 is 11.3 Å². The van der Waals surface area contributed by atoms with Gasteiger partial charge in [0, 0.05) is 11.9 Å². The first-order chi connectivity index (χ1) is 12.7. The molecule has 2 aromatic heterocycles. The number of aryl methyl sites for hydroxylation is 1. The van der Waals surface area contributed by atoms with Crippen molar-refractivity contribution < 1.29 is 13.9 Å². The van der Waals surface area contributed by atoms with Gasteiger partial charge in [-0.15, -0.1) is 0 Å². The number of fused-ring (bicyclic) bond motifs is 2. The third-order valence-corrected chi connectivity index (χ3v) is 5.16. The van der Waals surface area contributed by atoms with Gasteiger partial charge < -0.3 is 13.7 Å². The van der Waals surface area contributed by atoms with Crippen molar-refractivity contribution in [2.45, 2.75) is 20.4 Å². The summed E-state index contributed by atoms with van der Waals surface area (Å²) in [5, 5.41) is 0.895. The van der Waals surface area contributed by atoms with Gasteiger partial charge in [-0.25, -0.2) is 0 Å². The van der Waals surface area contributed by atoms with E-state index in [-0.39, 0.29) is 11.7 Å². The first kappa shape index (κ1) is 16.6. The summed E-state index contributed by atoms with van der Waals surface area (Å²) in [6.07, 6.45) is 0. The second-order valence-corrected chi connectivity index (χ2v) is 6.77. The van der Waals surface area contributed by atoms with Crippen molar-refractivity contribution in [1.29, 1.82) is 0 Å². The molecule has 5 nitrogen and oxygen atoms in total. The monoisotopic (exact) mass is 366 g/mol. The summed E-state index contributed by atoms with van der Waals surface area (Å²) in [4.78, 5) is 17.6. The molecule has 2 heterocycles.